The molecule has 0 bridgehead atoms. The fourth-order valence-electron chi connectivity index (χ4n) is 2.78. The average molecular weight is 398 g/mol. The number of hydrogen-bond acceptors (Lipinski definition) is 5. The minimum absolute atomic E-state index is 0. The Balaban J connectivity index is 0.00000243. The van der Waals surface area contributed by atoms with Crippen molar-refractivity contribution in [2.24, 2.45) is 0 Å². The summed E-state index contributed by atoms with van der Waals surface area (Å²) < 4.78 is 16.9. The number of pyridine rings is 1. The second-order valence-corrected chi connectivity index (χ2v) is 6.42. The van der Waals surface area contributed by atoms with Crippen LogP contribution in [0.15, 0.2) is 36.5 Å². The van der Waals surface area contributed by atoms with Gasteiger partial charge in [-0.15, -0.1) is 0 Å². The van der Waals surface area contributed by atoms with E-state index in [1.807, 2.05) is 24.3 Å². The lowest BCUT2D eigenvalue weighted by Crippen LogP contribution is -3.00. The van der Waals surface area contributed by atoms with Crippen molar-refractivity contribution in [1.29, 1.82) is 0 Å². The Hall–Kier alpha value is -1.53. The molecule has 5 nitrogen and oxygen atoms in total. The van der Waals surface area contributed by atoms with Gasteiger partial charge in [0.1, 0.15) is 11.8 Å². The number of benzene rings is 1. The van der Waals surface area contributed by atoms with E-state index in [-0.39, 0.29) is 12.4 Å². The van der Waals surface area contributed by atoms with Crippen LogP contribution in [0.2, 0.25) is 5.15 Å². The van der Waals surface area contributed by atoms with Crippen LogP contribution >= 0.6 is 11.6 Å². The third kappa shape index (κ3) is 6.02. The van der Waals surface area contributed by atoms with Crippen LogP contribution in [-0.4, -0.2) is 31.3 Å². The second-order valence-electron chi connectivity index (χ2n) is 6.03. The van der Waals surface area contributed by atoms with Crippen LogP contribution in [0, 0.1) is 0 Å². The molecule has 0 saturated carbocycles. The number of nitrogens with one attached hydrogen (secondary N) is 1. The number of rotatable bonds is 8. The summed E-state index contributed by atoms with van der Waals surface area (Å²) in [6.45, 7) is 2.95. The molecule has 1 atom stereocenters. The number of aromatic nitrogens is 1. The van der Waals surface area contributed by atoms with Crippen LogP contribution < -0.4 is 27.2 Å². The predicted octanol–water partition coefficient (Wildman–Crippen LogP) is 0.595. The summed E-state index contributed by atoms with van der Waals surface area (Å²) in [6.07, 6.45) is 4.36. The van der Waals surface area contributed by atoms with Gasteiger partial charge in [0.2, 0.25) is 0 Å². The van der Waals surface area contributed by atoms with Crippen LogP contribution in [0.4, 0.5) is 0 Å². The van der Waals surface area contributed by atoms with E-state index in [9.17, 15) is 0 Å². The Morgan fingerprint density at radius 1 is 1.23 bits per heavy atom. The number of nitrogens with zero attached hydrogens (tertiary/aromatic N) is 1. The molecule has 1 aliphatic rings. The maximum atomic E-state index is 5.85. The van der Waals surface area contributed by atoms with Crippen molar-refractivity contribution < 1.29 is 26.6 Å². The molecule has 3 rings (SSSR count). The zero-order chi connectivity index (χ0) is 17.5. The molecule has 1 N–H and O–H groups in total. The third-order valence-corrected chi connectivity index (χ3v) is 4.36. The smallest absolute Gasteiger partial charge is 0.161 e. The lowest BCUT2D eigenvalue weighted by molar-refractivity contribution is -0.00000697. The first kappa shape index (κ1) is 20.8. The molecule has 26 heavy (non-hydrogen) atoms. The normalized spacial score (nSPS) is 16.2. The summed E-state index contributed by atoms with van der Waals surface area (Å²) in [7, 11) is 1.65. The summed E-state index contributed by atoms with van der Waals surface area (Å²) in [5, 5.41) is 3.91. The maximum absolute atomic E-state index is 5.85. The number of hydrogen-bond donors (Lipinski definition) is 1. The molecule has 7 heteroatoms. The van der Waals surface area contributed by atoms with E-state index in [0.29, 0.717) is 23.6 Å². The molecule has 1 aromatic carbocycles. The van der Waals surface area contributed by atoms with E-state index in [4.69, 9.17) is 25.8 Å². The van der Waals surface area contributed by atoms with E-state index in [1.54, 1.807) is 19.4 Å². The summed E-state index contributed by atoms with van der Waals surface area (Å²) in [5.41, 5.74) is 2.10. The van der Waals surface area contributed by atoms with Crippen molar-refractivity contribution in [3.8, 4) is 11.5 Å². The molecule has 1 saturated heterocycles. The van der Waals surface area contributed by atoms with Gasteiger partial charge in [-0.1, -0.05) is 23.7 Å². The monoisotopic (exact) mass is 397 g/mol. The van der Waals surface area contributed by atoms with E-state index in [2.05, 4.69) is 10.3 Å². The molecule has 2 aromatic rings. The van der Waals surface area contributed by atoms with Crippen LogP contribution in [-0.2, 0) is 17.9 Å². The minimum atomic E-state index is 0. The standard InChI is InChI=1S/C19H23ClN2O3.ClH/c1-23-18-9-14(10-21-12-16-3-2-8-24-16)4-6-17(18)25-13-15-5-7-19(20)22-11-15;/h4-7,9,11,16,21H,2-3,8,10,12-13H2,1H3;1H/p-1. The van der Waals surface area contributed by atoms with Gasteiger partial charge in [0.25, 0.3) is 0 Å². The third-order valence-electron chi connectivity index (χ3n) is 4.14. The second kappa shape index (κ2) is 10.6. The van der Waals surface area contributed by atoms with Crippen LogP contribution in [0.1, 0.15) is 24.0 Å². The highest BCUT2D eigenvalue weighted by atomic mass is 35.5. The lowest BCUT2D eigenvalue weighted by Gasteiger charge is -2.14. The van der Waals surface area contributed by atoms with Crippen LogP contribution in [0.3, 0.4) is 0 Å². The van der Waals surface area contributed by atoms with E-state index in [1.165, 1.54) is 0 Å². The highest BCUT2D eigenvalue weighted by Gasteiger charge is 2.14. The molecule has 142 valence electrons. The fourth-order valence-corrected chi connectivity index (χ4v) is 2.89. The first-order chi connectivity index (χ1) is 12.2. The number of methoxy groups -OCH3 is 1. The number of halogens is 2. The zero-order valence-corrected chi connectivity index (χ0v) is 16.2. The fraction of sp³-hybridized carbons (Fsp3) is 0.421. The quantitative estimate of drug-likeness (QED) is 0.660. The highest BCUT2D eigenvalue weighted by Crippen LogP contribution is 2.29. The minimum Gasteiger partial charge on any atom is -1.00 e. The van der Waals surface area contributed by atoms with E-state index < -0.39 is 0 Å². The van der Waals surface area contributed by atoms with Crippen LogP contribution in [0.5, 0.6) is 11.5 Å². The predicted molar refractivity (Wildman–Crippen MR) is 97.3 cm³/mol. The molecule has 0 spiro atoms. The Kier molecular flexibility index (Phi) is 8.45. The van der Waals surface area contributed by atoms with Crippen molar-refractivity contribution in [1.82, 2.24) is 10.3 Å². The summed E-state index contributed by atoms with van der Waals surface area (Å²) in [6, 6.07) is 9.62. The van der Waals surface area contributed by atoms with Crippen molar-refractivity contribution in [3.05, 3.63) is 52.8 Å². The highest BCUT2D eigenvalue weighted by molar-refractivity contribution is 6.29. The van der Waals surface area contributed by atoms with Crippen LogP contribution in [0.25, 0.3) is 0 Å². The van der Waals surface area contributed by atoms with Gasteiger partial charge < -0.3 is 31.9 Å². The van der Waals surface area contributed by atoms with Gasteiger partial charge in [0.05, 0.1) is 13.2 Å². The SMILES string of the molecule is COc1cc(CNCC2CCCO2)ccc1OCc1ccc(Cl)nc1.[Cl-]. The first-order valence-corrected chi connectivity index (χ1v) is 8.85. The van der Waals surface area contributed by atoms with Gasteiger partial charge in [-0.2, -0.15) is 0 Å². The molecular weight excluding hydrogens is 375 g/mol. The van der Waals surface area contributed by atoms with Gasteiger partial charge in [0, 0.05) is 31.5 Å². The topological polar surface area (TPSA) is 52.6 Å². The molecular formula is C19H23Cl2N2O3-. The molecule has 0 radical (unpaired) electrons. The Bertz CT molecular complexity index is 677. The molecule has 1 unspecified atom stereocenters. The Labute approximate surface area is 165 Å². The van der Waals surface area contributed by atoms with Gasteiger partial charge in [0.15, 0.2) is 11.5 Å². The van der Waals surface area contributed by atoms with Gasteiger partial charge in [-0.25, -0.2) is 4.98 Å². The molecule has 1 aliphatic heterocycles. The molecule has 2 heterocycles. The van der Waals surface area contributed by atoms with Crippen molar-refractivity contribution in [2.45, 2.75) is 32.1 Å². The Morgan fingerprint density at radius 3 is 2.77 bits per heavy atom. The van der Waals surface area contributed by atoms with Gasteiger partial charge in [-0.05, 0) is 36.6 Å². The summed E-state index contributed by atoms with van der Waals surface area (Å²) in [4.78, 5) is 4.05. The number of ether oxygens (including phenoxy) is 3. The average Bonchev–Trinajstić information content (AvgIpc) is 3.15. The van der Waals surface area contributed by atoms with E-state index in [0.717, 1.165) is 49.4 Å². The summed E-state index contributed by atoms with van der Waals surface area (Å²) >= 11 is 5.79. The zero-order valence-electron chi connectivity index (χ0n) is 14.7. The molecule has 0 amide bonds. The van der Waals surface area contributed by atoms with Gasteiger partial charge in [-0.3, -0.25) is 0 Å². The lowest BCUT2D eigenvalue weighted by atomic mass is 10.2. The van der Waals surface area contributed by atoms with Gasteiger partial charge >= 0.3 is 0 Å². The molecule has 1 aromatic heterocycles. The maximum Gasteiger partial charge on any atom is 0.161 e. The van der Waals surface area contributed by atoms with Crippen molar-refractivity contribution in [3.63, 3.8) is 0 Å². The van der Waals surface area contributed by atoms with E-state index >= 15 is 0 Å². The summed E-state index contributed by atoms with van der Waals surface area (Å²) in [5.74, 6) is 1.43. The van der Waals surface area contributed by atoms with Crippen molar-refractivity contribution >= 4 is 11.6 Å². The molecule has 0 aliphatic carbocycles. The molecule has 1 fully saturated rings. The first-order valence-electron chi connectivity index (χ1n) is 8.47. The van der Waals surface area contributed by atoms with Crippen molar-refractivity contribution in [2.75, 3.05) is 20.3 Å². The Morgan fingerprint density at radius 2 is 2.08 bits per heavy atom. The largest absolute Gasteiger partial charge is 1.00 e.